The highest BCUT2D eigenvalue weighted by molar-refractivity contribution is 9.11. The Morgan fingerprint density at radius 2 is 1.11 bits per heavy atom. The number of esters is 2. The SMILES string of the molecule is COc1cc(F)ccc1-c1ccc2c(c1COC(=O)c1ccc(Br)s1)C(C)=CC(C)(C)N2.COc1cc(F)ccc1-c1ccc2c(c1COC(=O)c1sccc1C)C(C)=CC(C)(C)N2. The molecule has 0 atom stereocenters. The molecule has 0 saturated carbocycles. The lowest BCUT2D eigenvalue weighted by atomic mass is 9.85. The van der Waals surface area contributed by atoms with Crippen LogP contribution in [0.4, 0.5) is 20.2 Å². The number of nitrogens with one attached hydrogen (secondary N) is 2. The topological polar surface area (TPSA) is 95.1 Å². The molecule has 13 heteroatoms. The van der Waals surface area contributed by atoms with Crippen molar-refractivity contribution < 1.29 is 37.3 Å². The van der Waals surface area contributed by atoms with Gasteiger partial charge in [-0.15, -0.1) is 22.7 Å². The number of aryl methyl sites for hydroxylation is 1. The Hall–Kier alpha value is -5.76. The predicted octanol–water partition coefficient (Wildman–Crippen LogP) is 14.1. The number of rotatable bonds is 10. The molecule has 2 N–H and O–H groups in total. The van der Waals surface area contributed by atoms with Gasteiger partial charge in [-0.1, -0.05) is 24.3 Å². The predicted molar refractivity (Wildman–Crippen MR) is 259 cm³/mol. The molecule has 0 unspecified atom stereocenters. The molecule has 8 rings (SSSR count). The number of carbonyl (C=O) groups is 2. The zero-order chi connectivity index (χ0) is 46.1. The summed E-state index contributed by atoms with van der Waals surface area (Å²) in [5.74, 6) is -0.634. The van der Waals surface area contributed by atoms with E-state index in [2.05, 4.69) is 80.3 Å². The molecule has 0 aliphatic carbocycles. The summed E-state index contributed by atoms with van der Waals surface area (Å²) < 4.78 is 51.0. The van der Waals surface area contributed by atoms with Crippen LogP contribution in [0.15, 0.2) is 100 Å². The van der Waals surface area contributed by atoms with Crippen LogP contribution in [0.3, 0.4) is 0 Å². The lowest BCUT2D eigenvalue weighted by Gasteiger charge is -2.33. The molecule has 2 aliphatic heterocycles. The number of halogens is 3. The molecule has 332 valence electrons. The number of benzene rings is 4. The molecule has 0 radical (unpaired) electrons. The summed E-state index contributed by atoms with van der Waals surface area (Å²) in [5.41, 5.74) is 11.4. The maximum absolute atomic E-state index is 13.9. The lowest BCUT2D eigenvalue weighted by molar-refractivity contribution is 0.0469. The molecule has 0 fully saturated rings. The first-order valence-corrected chi connectivity index (χ1v) is 23.0. The van der Waals surface area contributed by atoms with E-state index in [-0.39, 0.29) is 47.9 Å². The maximum atomic E-state index is 13.9. The number of allylic oxidation sites excluding steroid dienone is 2. The quantitative estimate of drug-likeness (QED) is 0.131. The van der Waals surface area contributed by atoms with E-state index in [4.69, 9.17) is 18.9 Å². The molecule has 0 spiro atoms. The highest BCUT2D eigenvalue weighted by Crippen LogP contribution is 2.45. The highest BCUT2D eigenvalue weighted by Gasteiger charge is 2.29. The Kier molecular flexibility index (Phi) is 13.6. The van der Waals surface area contributed by atoms with Crippen molar-refractivity contribution in [3.05, 3.63) is 149 Å². The van der Waals surface area contributed by atoms with Crippen LogP contribution in [0.1, 0.15) is 88.7 Å². The molecule has 0 saturated heterocycles. The largest absolute Gasteiger partial charge is 0.496 e. The van der Waals surface area contributed by atoms with Gasteiger partial charge in [-0.25, -0.2) is 18.4 Å². The fourth-order valence-electron chi connectivity index (χ4n) is 8.40. The first kappa shape index (κ1) is 46.2. The van der Waals surface area contributed by atoms with E-state index in [1.807, 2.05) is 48.7 Å². The van der Waals surface area contributed by atoms with E-state index >= 15 is 0 Å². The van der Waals surface area contributed by atoms with Gasteiger partial charge in [0.25, 0.3) is 0 Å². The molecule has 4 heterocycles. The number of fused-ring (bicyclic) bond motifs is 2. The van der Waals surface area contributed by atoms with Gasteiger partial charge in [0, 0.05) is 56.9 Å². The number of carbonyl (C=O) groups excluding carboxylic acids is 2. The smallest absolute Gasteiger partial charge is 0.348 e. The van der Waals surface area contributed by atoms with Gasteiger partial charge in [0.2, 0.25) is 0 Å². The molecular weight excluding hydrogens is 919 g/mol. The van der Waals surface area contributed by atoms with E-state index in [0.29, 0.717) is 21.3 Å². The summed E-state index contributed by atoms with van der Waals surface area (Å²) in [7, 11) is 3.03. The minimum atomic E-state index is -0.388. The Morgan fingerprint density at radius 1 is 0.641 bits per heavy atom. The summed E-state index contributed by atoms with van der Waals surface area (Å²) >= 11 is 6.07. The third kappa shape index (κ3) is 9.96. The molecule has 64 heavy (non-hydrogen) atoms. The van der Waals surface area contributed by atoms with Crippen molar-refractivity contribution in [2.24, 2.45) is 0 Å². The number of anilines is 2. The zero-order valence-electron chi connectivity index (χ0n) is 37.1. The molecule has 2 aliphatic rings. The van der Waals surface area contributed by atoms with Crippen molar-refractivity contribution >= 4 is 73.1 Å². The van der Waals surface area contributed by atoms with Crippen molar-refractivity contribution in [2.45, 2.75) is 72.8 Å². The molecule has 4 aromatic carbocycles. The van der Waals surface area contributed by atoms with E-state index in [1.165, 1.54) is 61.2 Å². The van der Waals surface area contributed by atoms with Gasteiger partial charge in [0.15, 0.2) is 0 Å². The summed E-state index contributed by atoms with van der Waals surface area (Å²) in [5, 5.41) is 8.95. The van der Waals surface area contributed by atoms with E-state index < -0.39 is 0 Å². The number of hydrogen-bond acceptors (Lipinski definition) is 10. The van der Waals surface area contributed by atoms with Crippen LogP contribution >= 0.6 is 38.6 Å². The number of ether oxygens (including phenoxy) is 4. The Bertz CT molecular complexity index is 2840. The first-order chi connectivity index (χ1) is 30.4. The second-order valence-electron chi connectivity index (χ2n) is 16.8. The Balaban J connectivity index is 0.000000191. The van der Waals surface area contributed by atoms with Gasteiger partial charge in [0.1, 0.15) is 46.1 Å². The van der Waals surface area contributed by atoms with Crippen LogP contribution in [-0.2, 0) is 22.7 Å². The number of methoxy groups -OCH3 is 2. The van der Waals surface area contributed by atoms with Crippen LogP contribution in [0.5, 0.6) is 11.5 Å². The van der Waals surface area contributed by atoms with Crippen molar-refractivity contribution in [3.63, 3.8) is 0 Å². The monoisotopic (exact) mass is 966 g/mol. The third-order valence-corrected chi connectivity index (χ3v) is 13.5. The van der Waals surface area contributed by atoms with Crippen LogP contribution in [0.2, 0.25) is 0 Å². The Labute approximate surface area is 389 Å². The van der Waals surface area contributed by atoms with Gasteiger partial charge in [-0.05, 0) is 152 Å². The second kappa shape index (κ2) is 18.8. The van der Waals surface area contributed by atoms with Crippen LogP contribution in [0.25, 0.3) is 33.4 Å². The molecular formula is C51H49BrF2N2O6S2. The second-order valence-corrected chi connectivity index (χ2v) is 20.1. The van der Waals surface area contributed by atoms with Gasteiger partial charge < -0.3 is 29.6 Å². The van der Waals surface area contributed by atoms with Crippen molar-refractivity contribution in [2.75, 3.05) is 24.9 Å². The van der Waals surface area contributed by atoms with E-state index in [0.717, 1.165) is 76.4 Å². The number of hydrogen-bond donors (Lipinski definition) is 2. The van der Waals surface area contributed by atoms with Crippen molar-refractivity contribution in [1.82, 2.24) is 0 Å². The summed E-state index contributed by atoms with van der Waals surface area (Å²) in [6.45, 7) is 14.6. The summed E-state index contributed by atoms with van der Waals surface area (Å²) in [4.78, 5) is 26.5. The molecule has 0 bridgehead atoms. The van der Waals surface area contributed by atoms with Gasteiger partial charge in [-0.3, -0.25) is 0 Å². The fourth-order valence-corrected chi connectivity index (χ4v) is 10.5. The molecule has 8 nitrogen and oxygen atoms in total. The van der Waals surface area contributed by atoms with Gasteiger partial charge in [-0.2, -0.15) is 0 Å². The molecule has 0 amide bonds. The fraction of sp³-hybridized carbons (Fsp3) is 0.255. The van der Waals surface area contributed by atoms with Crippen LogP contribution in [0, 0.1) is 18.6 Å². The normalized spacial score (nSPS) is 14.2. The standard InChI is InChI=1S/C26H26FNO3S.C25H23BrFNO3S/c1-15-10-11-32-24(15)25(29)31-14-20-18(19-7-6-17(27)12-22(19)30-5)8-9-21-23(20)16(2)13-26(3,4)28-21;1-14-12-25(2,3)28-19-8-7-16(17-6-5-15(27)11-20(17)30-4)18(23(14)19)13-31-24(29)21-9-10-22(26)32-21/h6-13,28H,14H2,1-5H3;5-12,28H,13H2,1-4H3. The first-order valence-electron chi connectivity index (χ1n) is 20.5. The lowest BCUT2D eigenvalue weighted by Crippen LogP contribution is -2.32. The maximum Gasteiger partial charge on any atom is 0.348 e. The number of thiophene rings is 2. The average molecular weight is 968 g/mol. The van der Waals surface area contributed by atoms with Crippen LogP contribution in [-0.4, -0.2) is 37.2 Å². The molecule has 2 aromatic heterocycles. The summed E-state index contributed by atoms with van der Waals surface area (Å²) in [6.07, 6.45) is 4.32. The third-order valence-electron chi connectivity index (χ3n) is 10.9. The van der Waals surface area contributed by atoms with E-state index in [1.54, 1.807) is 18.2 Å². The van der Waals surface area contributed by atoms with Crippen molar-refractivity contribution in [3.8, 4) is 33.8 Å². The van der Waals surface area contributed by atoms with Crippen molar-refractivity contribution in [1.29, 1.82) is 0 Å². The van der Waals surface area contributed by atoms with Crippen LogP contribution < -0.4 is 20.1 Å². The highest BCUT2D eigenvalue weighted by atomic mass is 79.9. The Morgan fingerprint density at radius 3 is 1.53 bits per heavy atom. The summed E-state index contributed by atoms with van der Waals surface area (Å²) in [6, 6.07) is 22.3. The zero-order valence-corrected chi connectivity index (χ0v) is 40.3. The molecule has 6 aromatic rings. The minimum absolute atomic E-state index is 0.0701. The van der Waals surface area contributed by atoms with E-state index in [9.17, 15) is 18.4 Å². The van der Waals surface area contributed by atoms with Gasteiger partial charge in [0.05, 0.1) is 29.1 Å². The van der Waals surface area contributed by atoms with Gasteiger partial charge >= 0.3 is 11.9 Å². The minimum Gasteiger partial charge on any atom is -0.496 e. The average Bonchev–Trinajstić information content (AvgIpc) is 3.88.